The van der Waals surface area contributed by atoms with Gasteiger partial charge in [-0.3, -0.25) is 9.59 Å². The molecule has 1 saturated heterocycles. The minimum Gasteiger partial charge on any atom is -0.465 e. The molecule has 1 aliphatic rings. The van der Waals surface area contributed by atoms with Crippen LogP contribution in [0, 0.1) is 5.92 Å². The zero-order valence-corrected chi connectivity index (χ0v) is 13.1. The Kier molecular flexibility index (Phi) is 7.11. The molecular weight excluding hydrogens is 276 g/mol. The molecule has 0 spiro atoms. The molecule has 1 aliphatic heterocycles. The van der Waals surface area contributed by atoms with Crippen LogP contribution < -0.4 is 0 Å². The minimum atomic E-state index is -1.46. The molecule has 0 bridgehead atoms. The number of hydrogen-bond acceptors (Lipinski definition) is 6. The maximum absolute atomic E-state index is 12.1. The fraction of sp³-hybridized carbons (Fsp3) is 0.867. The molecule has 0 aromatic rings. The largest absolute Gasteiger partial charge is 0.465 e. The zero-order chi connectivity index (χ0) is 15.9. The summed E-state index contributed by atoms with van der Waals surface area (Å²) < 4.78 is 15.5. The lowest BCUT2D eigenvalue weighted by Crippen LogP contribution is -2.53. The average molecular weight is 302 g/mol. The summed E-state index contributed by atoms with van der Waals surface area (Å²) in [4.78, 5) is 24.2. The van der Waals surface area contributed by atoms with Crippen LogP contribution in [-0.2, 0) is 23.8 Å². The van der Waals surface area contributed by atoms with Crippen LogP contribution in [0.4, 0.5) is 0 Å². The zero-order valence-electron chi connectivity index (χ0n) is 13.1. The quantitative estimate of drug-likeness (QED) is 0.566. The van der Waals surface area contributed by atoms with Gasteiger partial charge in [0.1, 0.15) is 0 Å². The van der Waals surface area contributed by atoms with Gasteiger partial charge in [-0.2, -0.15) is 0 Å². The first-order valence-corrected chi connectivity index (χ1v) is 7.65. The third-order valence-corrected chi connectivity index (χ3v) is 3.66. The lowest BCUT2D eigenvalue weighted by atomic mass is 9.78. The van der Waals surface area contributed by atoms with E-state index in [1.54, 1.807) is 13.8 Å². The van der Waals surface area contributed by atoms with E-state index in [9.17, 15) is 14.7 Å². The summed E-state index contributed by atoms with van der Waals surface area (Å²) in [6.45, 7) is 5.96. The highest BCUT2D eigenvalue weighted by Gasteiger charge is 2.50. The first-order chi connectivity index (χ1) is 9.98. The number of aliphatic hydroxyl groups is 1. The van der Waals surface area contributed by atoms with Crippen molar-refractivity contribution in [3.63, 3.8) is 0 Å². The molecule has 122 valence electrons. The Morgan fingerprint density at radius 3 is 2.29 bits per heavy atom. The van der Waals surface area contributed by atoms with Crippen molar-refractivity contribution in [1.29, 1.82) is 0 Å². The van der Waals surface area contributed by atoms with E-state index in [1.165, 1.54) is 0 Å². The van der Waals surface area contributed by atoms with Gasteiger partial charge in [-0.05, 0) is 20.3 Å². The normalized spacial score (nSPS) is 25.7. The lowest BCUT2D eigenvalue weighted by molar-refractivity contribution is -0.187. The minimum absolute atomic E-state index is 0.152. The van der Waals surface area contributed by atoms with Gasteiger partial charge in [-0.25, -0.2) is 0 Å². The standard InChI is InChI=1S/C15H26O6/c1-4-7-11-10-15(18,8-9-21-11)12(13(16)19-5-2)14(17)20-6-3/h11-12,18H,4-10H2,1-3H3. The monoisotopic (exact) mass is 302 g/mol. The fourth-order valence-electron chi connectivity index (χ4n) is 2.71. The summed E-state index contributed by atoms with van der Waals surface area (Å²) in [7, 11) is 0. The van der Waals surface area contributed by atoms with Gasteiger partial charge in [0.15, 0.2) is 5.92 Å². The molecule has 0 aromatic carbocycles. The summed E-state index contributed by atoms with van der Waals surface area (Å²) in [5, 5.41) is 10.8. The second-order valence-electron chi connectivity index (χ2n) is 5.28. The van der Waals surface area contributed by atoms with Crippen molar-refractivity contribution < 1.29 is 28.9 Å². The Bertz CT molecular complexity index is 336. The van der Waals surface area contributed by atoms with Crippen LogP contribution in [0.3, 0.4) is 0 Å². The van der Waals surface area contributed by atoms with Gasteiger partial charge in [-0.1, -0.05) is 13.3 Å². The highest BCUT2D eigenvalue weighted by molar-refractivity contribution is 5.96. The van der Waals surface area contributed by atoms with Gasteiger partial charge in [0.2, 0.25) is 0 Å². The van der Waals surface area contributed by atoms with Crippen molar-refractivity contribution in [2.24, 2.45) is 5.92 Å². The van der Waals surface area contributed by atoms with E-state index in [4.69, 9.17) is 14.2 Å². The van der Waals surface area contributed by atoms with E-state index in [1.807, 2.05) is 6.92 Å². The topological polar surface area (TPSA) is 82.1 Å². The smallest absolute Gasteiger partial charge is 0.323 e. The van der Waals surface area contributed by atoms with Crippen molar-refractivity contribution in [2.45, 2.75) is 58.2 Å². The van der Waals surface area contributed by atoms with Crippen molar-refractivity contribution in [2.75, 3.05) is 19.8 Å². The molecule has 2 unspecified atom stereocenters. The Hall–Kier alpha value is -1.14. The summed E-state index contributed by atoms with van der Waals surface area (Å²) >= 11 is 0. The van der Waals surface area contributed by atoms with Crippen molar-refractivity contribution in [3.05, 3.63) is 0 Å². The average Bonchev–Trinajstić information content (AvgIpc) is 2.39. The molecule has 1 rings (SSSR count). The van der Waals surface area contributed by atoms with E-state index in [0.717, 1.165) is 12.8 Å². The second kappa shape index (κ2) is 8.34. The van der Waals surface area contributed by atoms with E-state index in [-0.39, 0.29) is 32.2 Å². The summed E-state index contributed by atoms with van der Waals surface area (Å²) in [5.74, 6) is -2.76. The van der Waals surface area contributed by atoms with Gasteiger partial charge in [-0.15, -0.1) is 0 Å². The number of ether oxygens (including phenoxy) is 3. The Balaban J connectivity index is 2.93. The molecule has 6 nitrogen and oxygen atoms in total. The van der Waals surface area contributed by atoms with Crippen LogP contribution in [0.15, 0.2) is 0 Å². The maximum atomic E-state index is 12.1. The Morgan fingerprint density at radius 2 is 1.81 bits per heavy atom. The predicted octanol–water partition coefficient (Wildman–Crippen LogP) is 1.44. The molecule has 0 aromatic heterocycles. The first kappa shape index (κ1) is 17.9. The molecule has 1 N–H and O–H groups in total. The summed E-state index contributed by atoms with van der Waals surface area (Å²) in [6.07, 6.45) is 1.99. The molecular formula is C15H26O6. The summed E-state index contributed by atoms with van der Waals surface area (Å²) in [5.41, 5.74) is -1.46. The molecule has 0 saturated carbocycles. The van der Waals surface area contributed by atoms with Crippen molar-refractivity contribution in [3.8, 4) is 0 Å². The predicted molar refractivity (Wildman–Crippen MR) is 75.6 cm³/mol. The number of esters is 2. The van der Waals surface area contributed by atoms with Crippen molar-refractivity contribution >= 4 is 11.9 Å². The molecule has 0 amide bonds. The van der Waals surface area contributed by atoms with Gasteiger partial charge in [0.25, 0.3) is 0 Å². The molecule has 0 radical (unpaired) electrons. The van der Waals surface area contributed by atoms with Crippen molar-refractivity contribution in [1.82, 2.24) is 0 Å². The van der Waals surface area contributed by atoms with Crippen LogP contribution in [0.25, 0.3) is 0 Å². The van der Waals surface area contributed by atoms with Crippen LogP contribution >= 0.6 is 0 Å². The second-order valence-corrected chi connectivity index (χ2v) is 5.28. The summed E-state index contributed by atoms with van der Waals surface area (Å²) in [6, 6.07) is 0. The maximum Gasteiger partial charge on any atom is 0.323 e. The Morgan fingerprint density at radius 1 is 1.24 bits per heavy atom. The SMILES string of the molecule is CCCC1CC(O)(C(C(=O)OCC)C(=O)OCC)CCO1. The van der Waals surface area contributed by atoms with E-state index < -0.39 is 23.5 Å². The van der Waals surface area contributed by atoms with Gasteiger partial charge >= 0.3 is 11.9 Å². The van der Waals surface area contributed by atoms with Crippen LogP contribution in [-0.4, -0.2) is 48.6 Å². The van der Waals surface area contributed by atoms with Crippen LogP contribution in [0.2, 0.25) is 0 Å². The molecule has 1 fully saturated rings. The molecule has 21 heavy (non-hydrogen) atoms. The fourth-order valence-corrected chi connectivity index (χ4v) is 2.71. The molecule has 1 heterocycles. The number of carbonyl (C=O) groups excluding carboxylic acids is 2. The highest BCUT2D eigenvalue weighted by Crippen LogP contribution is 2.35. The third-order valence-electron chi connectivity index (χ3n) is 3.66. The van der Waals surface area contributed by atoms with Gasteiger partial charge in [0, 0.05) is 19.4 Å². The third kappa shape index (κ3) is 4.68. The lowest BCUT2D eigenvalue weighted by Gasteiger charge is -2.39. The van der Waals surface area contributed by atoms with Gasteiger partial charge < -0.3 is 19.3 Å². The molecule has 2 atom stereocenters. The molecule has 0 aliphatic carbocycles. The van der Waals surface area contributed by atoms with Gasteiger partial charge in [0.05, 0.1) is 24.9 Å². The van der Waals surface area contributed by atoms with E-state index in [0.29, 0.717) is 6.61 Å². The number of carbonyl (C=O) groups is 2. The van der Waals surface area contributed by atoms with Crippen LogP contribution in [0.5, 0.6) is 0 Å². The molecule has 6 heteroatoms. The van der Waals surface area contributed by atoms with E-state index >= 15 is 0 Å². The number of rotatable bonds is 7. The van der Waals surface area contributed by atoms with E-state index in [2.05, 4.69) is 0 Å². The highest BCUT2D eigenvalue weighted by atomic mass is 16.6. The van der Waals surface area contributed by atoms with Crippen LogP contribution in [0.1, 0.15) is 46.5 Å². The number of hydrogen-bond donors (Lipinski definition) is 1. The Labute approximate surface area is 125 Å². The first-order valence-electron chi connectivity index (χ1n) is 7.65.